The first-order valence-electron chi connectivity index (χ1n) is 6.20. The Hall–Kier alpha value is -1.33. The number of hydrogen-bond donors (Lipinski definition) is 0. The van der Waals surface area contributed by atoms with Crippen molar-refractivity contribution < 1.29 is 9.47 Å². The van der Waals surface area contributed by atoms with E-state index in [1.165, 1.54) is 0 Å². The van der Waals surface area contributed by atoms with E-state index in [0.29, 0.717) is 24.0 Å². The Bertz CT molecular complexity index is 444. The minimum atomic E-state index is 0.589. The average Bonchev–Trinajstić information content (AvgIpc) is 2.35. The topological polar surface area (TPSA) is 18.5 Å². The zero-order chi connectivity index (χ0) is 13.4. The maximum Gasteiger partial charge on any atom is 0.141 e. The molecule has 1 rings (SSSR count). The van der Waals surface area contributed by atoms with Gasteiger partial charge in [0.2, 0.25) is 0 Å². The van der Waals surface area contributed by atoms with Crippen LogP contribution in [-0.4, -0.2) is 13.2 Å². The number of ether oxygens (including phenoxy) is 2. The van der Waals surface area contributed by atoms with Crippen molar-refractivity contribution >= 4 is 11.6 Å². The van der Waals surface area contributed by atoms with E-state index < -0.39 is 0 Å². The second-order valence-electron chi connectivity index (χ2n) is 3.68. The lowest BCUT2D eigenvalue weighted by Gasteiger charge is -2.13. The number of aryl methyl sites for hydroxylation is 1. The van der Waals surface area contributed by atoms with Crippen LogP contribution in [0.15, 0.2) is 12.1 Å². The number of rotatable bonds is 6. The van der Waals surface area contributed by atoms with E-state index in [1.54, 1.807) is 0 Å². The smallest absolute Gasteiger partial charge is 0.141 e. The van der Waals surface area contributed by atoms with Crippen molar-refractivity contribution in [1.82, 2.24) is 0 Å². The summed E-state index contributed by atoms with van der Waals surface area (Å²) in [5.41, 5.74) is 1.08. The van der Waals surface area contributed by atoms with Crippen LogP contribution in [0.1, 0.15) is 32.8 Å². The largest absolute Gasteiger partial charge is 0.493 e. The predicted octanol–water partition coefficient (Wildman–Crippen LogP) is 4.09. The van der Waals surface area contributed by atoms with Crippen LogP contribution in [0.2, 0.25) is 5.02 Å². The molecule has 0 aliphatic carbocycles. The third-order valence-corrected chi connectivity index (χ3v) is 2.71. The van der Waals surface area contributed by atoms with Gasteiger partial charge in [0.05, 0.1) is 18.2 Å². The highest BCUT2D eigenvalue weighted by atomic mass is 35.5. The summed E-state index contributed by atoms with van der Waals surface area (Å²) in [4.78, 5) is 0. The SMILES string of the molecule is CC#CCCc1cc(Cl)c(OCC)cc1OCC. The number of hydrogen-bond acceptors (Lipinski definition) is 2. The fourth-order valence-corrected chi connectivity index (χ4v) is 1.89. The molecule has 0 aromatic heterocycles. The fourth-order valence-electron chi connectivity index (χ4n) is 1.65. The van der Waals surface area contributed by atoms with Gasteiger partial charge in [-0.05, 0) is 38.8 Å². The van der Waals surface area contributed by atoms with Crippen LogP contribution in [0.25, 0.3) is 0 Å². The van der Waals surface area contributed by atoms with Crippen LogP contribution in [-0.2, 0) is 6.42 Å². The highest BCUT2D eigenvalue weighted by Crippen LogP contribution is 2.33. The average molecular weight is 267 g/mol. The van der Waals surface area contributed by atoms with Crippen molar-refractivity contribution in [1.29, 1.82) is 0 Å². The van der Waals surface area contributed by atoms with Crippen LogP contribution in [0.4, 0.5) is 0 Å². The van der Waals surface area contributed by atoms with Crippen LogP contribution in [0.3, 0.4) is 0 Å². The summed E-state index contributed by atoms with van der Waals surface area (Å²) in [6, 6.07) is 3.78. The molecule has 0 heterocycles. The van der Waals surface area contributed by atoms with E-state index in [0.717, 1.165) is 24.2 Å². The van der Waals surface area contributed by atoms with Gasteiger partial charge in [-0.3, -0.25) is 0 Å². The van der Waals surface area contributed by atoms with Crippen molar-refractivity contribution in [2.45, 2.75) is 33.6 Å². The first kappa shape index (κ1) is 14.7. The van der Waals surface area contributed by atoms with Crippen LogP contribution >= 0.6 is 11.6 Å². The molecule has 0 bridgehead atoms. The van der Waals surface area contributed by atoms with Gasteiger partial charge in [0.1, 0.15) is 11.5 Å². The molecule has 0 fully saturated rings. The second kappa shape index (κ2) is 7.89. The fraction of sp³-hybridized carbons (Fsp3) is 0.467. The molecule has 18 heavy (non-hydrogen) atoms. The molecule has 0 amide bonds. The Labute approximate surface area is 114 Å². The van der Waals surface area contributed by atoms with Crippen LogP contribution < -0.4 is 9.47 Å². The molecule has 2 nitrogen and oxygen atoms in total. The zero-order valence-electron chi connectivity index (χ0n) is 11.2. The Morgan fingerprint density at radius 1 is 1.11 bits per heavy atom. The Morgan fingerprint density at radius 3 is 2.39 bits per heavy atom. The van der Waals surface area contributed by atoms with E-state index in [9.17, 15) is 0 Å². The van der Waals surface area contributed by atoms with Gasteiger partial charge in [-0.2, -0.15) is 0 Å². The van der Waals surface area contributed by atoms with Gasteiger partial charge in [-0.1, -0.05) is 11.6 Å². The summed E-state index contributed by atoms with van der Waals surface area (Å²) in [6.45, 7) is 6.95. The molecule has 1 aromatic rings. The summed E-state index contributed by atoms with van der Waals surface area (Å²) >= 11 is 6.18. The second-order valence-corrected chi connectivity index (χ2v) is 4.09. The molecular weight excluding hydrogens is 248 g/mol. The molecule has 0 aliphatic rings. The van der Waals surface area contributed by atoms with Gasteiger partial charge >= 0.3 is 0 Å². The van der Waals surface area contributed by atoms with Crippen molar-refractivity contribution in [2.75, 3.05) is 13.2 Å². The lowest BCUT2D eigenvalue weighted by molar-refractivity contribution is 0.321. The normalized spacial score (nSPS) is 9.56. The van der Waals surface area contributed by atoms with Gasteiger partial charge in [0.25, 0.3) is 0 Å². The van der Waals surface area contributed by atoms with Crippen molar-refractivity contribution in [3.05, 3.63) is 22.7 Å². The summed E-state index contributed by atoms with van der Waals surface area (Å²) < 4.78 is 11.1. The van der Waals surface area contributed by atoms with Crippen molar-refractivity contribution in [3.63, 3.8) is 0 Å². The lowest BCUT2D eigenvalue weighted by atomic mass is 10.1. The molecule has 0 saturated carbocycles. The van der Waals surface area contributed by atoms with Gasteiger partial charge in [0.15, 0.2) is 0 Å². The Balaban J connectivity index is 2.98. The molecule has 0 spiro atoms. The molecule has 0 saturated heterocycles. The van der Waals surface area contributed by atoms with Gasteiger partial charge in [0, 0.05) is 12.5 Å². The van der Waals surface area contributed by atoms with E-state index in [4.69, 9.17) is 21.1 Å². The van der Waals surface area contributed by atoms with E-state index in [1.807, 2.05) is 32.9 Å². The standard InChI is InChI=1S/C15H19ClO2/c1-4-7-8-9-12-10-13(16)15(18-6-3)11-14(12)17-5-2/h10-11H,5-6,8-9H2,1-3H3. The quantitative estimate of drug-likeness (QED) is 0.722. The van der Waals surface area contributed by atoms with Crippen molar-refractivity contribution in [3.8, 4) is 23.3 Å². The molecule has 1 aromatic carbocycles. The summed E-state index contributed by atoms with van der Waals surface area (Å²) in [5, 5.41) is 0.625. The van der Waals surface area contributed by atoms with Crippen LogP contribution in [0.5, 0.6) is 11.5 Å². The van der Waals surface area contributed by atoms with Crippen LogP contribution in [0, 0.1) is 11.8 Å². The molecule has 0 aliphatic heterocycles. The zero-order valence-corrected chi connectivity index (χ0v) is 11.9. The minimum Gasteiger partial charge on any atom is -0.493 e. The summed E-state index contributed by atoms with van der Waals surface area (Å²) in [6.07, 6.45) is 1.64. The van der Waals surface area contributed by atoms with E-state index in [-0.39, 0.29) is 0 Å². The first-order chi connectivity index (χ1) is 8.72. The lowest BCUT2D eigenvalue weighted by Crippen LogP contribution is -2.00. The highest BCUT2D eigenvalue weighted by Gasteiger charge is 2.10. The Morgan fingerprint density at radius 2 is 1.78 bits per heavy atom. The Kier molecular flexibility index (Phi) is 6.46. The summed E-state index contributed by atoms with van der Waals surface area (Å²) in [5.74, 6) is 7.44. The monoisotopic (exact) mass is 266 g/mol. The molecule has 0 N–H and O–H groups in total. The molecule has 98 valence electrons. The summed E-state index contributed by atoms with van der Waals surface area (Å²) in [7, 11) is 0. The molecule has 0 unspecified atom stereocenters. The molecule has 0 atom stereocenters. The maximum absolute atomic E-state index is 6.18. The van der Waals surface area contributed by atoms with Gasteiger partial charge < -0.3 is 9.47 Å². The minimum absolute atomic E-state index is 0.589. The predicted molar refractivity (Wildman–Crippen MR) is 75.6 cm³/mol. The maximum atomic E-state index is 6.18. The van der Waals surface area contributed by atoms with Gasteiger partial charge in [-0.25, -0.2) is 0 Å². The van der Waals surface area contributed by atoms with E-state index >= 15 is 0 Å². The third-order valence-electron chi connectivity index (χ3n) is 2.41. The highest BCUT2D eigenvalue weighted by molar-refractivity contribution is 6.32. The van der Waals surface area contributed by atoms with Gasteiger partial charge in [-0.15, -0.1) is 11.8 Å². The van der Waals surface area contributed by atoms with E-state index in [2.05, 4.69) is 11.8 Å². The number of halogens is 1. The van der Waals surface area contributed by atoms with Crippen molar-refractivity contribution in [2.24, 2.45) is 0 Å². The number of benzene rings is 1. The molecular formula is C15H19ClO2. The first-order valence-corrected chi connectivity index (χ1v) is 6.58. The third kappa shape index (κ3) is 4.16. The molecule has 3 heteroatoms. The molecule has 0 radical (unpaired) electrons.